The predicted octanol–water partition coefficient (Wildman–Crippen LogP) is 6.59. The number of halogens is 2. The van der Waals surface area contributed by atoms with E-state index in [1.807, 2.05) is 73.1 Å². The number of aryl methyl sites for hydroxylation is 1. The number of amides is 1. The third-order valence-corrected chi connectivity index (χ3v) is 5.81. The van der Waals surface area contributed by atoms with E-state index in [9.17, 15) is 4.79 Å². The average Bonchev–Trinajstić information content (AvgIpc) is 3.17. The van der Waals surface area contributed by atoms with Crippen LogP contribution in [0, 0.1) is 18.8 Å². The van der Waals surface area contributed by atoms with E-state index in [0.29, 0.717) is 41.4 Å². The van der Waals surface area contributed by atoms with Crippen LogP contribution in [0.25, 0.3) is 0 Å². The molecular weight excluding hydrogens is 495 g/mol. The molecule has 0 aliphatic carbocycles. The maximum absolute atomic E-state index is 13.6. The lowest BCUT2D eigenvalue weighted by Gasteiger charge is -2.29. The Hall–Kier alpha value is -2.54. The van der Waals surface area contributed by atoms with Gasteiger partial charge in [-0.25, -0.2) is 0 Å². The summed E-state index contributed by atoms with van der Waals surface area (Å²) in [6, 6.07) is 16.9. The minimum atomic E-state index is -0.232. The van der Waals surface area contributed by atoms with E-state index in [0.717, 1.165) is 23.6 Å². The van der Waals surface area contributed by atoms with Gasteiger partial charge in [-0.1, -0.05) is 57.5 Å². The molecular formula is C28H38Cl2N4O2. The largest absolute Gasteiger partial charge is 0.493 e. The van der Waals surface area contributed by atoms with E-state index in [-0.39, 0.29) is 24.5 Å². The van der Waals surface area contributed by atoms with Crippen molar-refractivity contribution in [2.24, 2.45) is 11.8 Å². The molecule has 196 valence electrons. The number of nitrogens with one attached hydrogen (secondary N) is 1. The summed E-state index contributed by atoms with van der Waals surface area (Å²) in [6.07, 6.45) is -0.232. The standard InChI is InChI=1S/C28H37ClN4O2.ClH/c1-19(2)16-30-22(6)33(28(34)23-10-8-7-9-11-23)27-14-21(5)32(31-27)17-24-15-25(29)12-13-26(24)35-18-20(3)4;/h7-15,19-20,22,30H,16-18H2,1-6H3;1H. The summed E-state index contributed by atoms with van der Waals surface area (Å²) in [5.74, 6) is 2.17. The summed E-state index contributed by atoms with van der Waals surface area (Å²) < 4.78 is 7.93. The Labute approximate surface area is 226 Å². The van der Waals surface area contributed by atoms with Gasteiger partial charge in [0.05, 0.1) is 19.3 Å². The highest BCUT2D eigenvalue weighted by Crippen LogP contribution is 2.26. The van der Waals surface area contributed by atoms with Crippen molar-refractivity contribution >= 4 is 35.7 Å². The molecule has 0 fully saturated rings. The molecule has 8 heteroatoms. The van der Waals surface area contributed by atoms with Crippen LogP contribution in [-0.4, -0.2) is 35.0 Å². The molecule has 3 aromatic rings. The highest BCUT2D eigenvalue weighted by Gasteiger charge is 2.26. The summed E-state index contributed by atoms with van der Waals surface area (Å²) in [4.78, 5) is 15.3. The normalized spacial score (nSPS) is 11.9. The second-order valence-corrected chi connectivity index (χ2v) is 10.2. The first-order valence-corrected chi connectivity index (χ1v) is 12.6. The van der Waals surface area contributed by atoms with Gasteiger partial charge in [-0.05, 0) is 62.6 Å². The number of hydrogen-bond donors (Lipinski definition) is 1. The Kier molecular flexibility index (Phi) is 11.3. The molecule has 1 aromatic heterocycles. The third-order valence-electron chi connectivity index (χ3n) is 5.58. The van der Waals surface area contributed by atoms with Gasteiger partial charge in [0.25, 0.3) is 5.91 Å². The third kappa shape index (κ3) is 7.99. The zero-order valence-electron chi connectivity index (χ0n) is 22.0. The Morgan fingerprint density at radius 1 is 1.06 bits per heavy atom. The fraction of sp³-hybridized carbons (Fsp3) is 0.429. The molecule has 1 atom stereocenters. The van der Waals surface area contributed by atoms with Crippen molar-refractivity contribution < 1.29 is 9.53 Å². The van der Waals surface area contributed by atoms with Crippen LogP contribution < -0.4 is 15.0 Å². The topological polar surface area (TPSA) is 59.4 Å². The molecule has 0 saturated carbocycles. The Bertz CT molecular complexity index is 1120. The first-order valence-electron chi connectivity index (χ1n) is 12.2. The molecule has 2 aromatic carbocycles. The highest BCUT2D eigenvalue weighted by molar-refractivity contribution is 6.30. The van der Waals surface area contributed by atoms with Crippen molar-refractivity contribution in [1.82, 2.24) is 15.1 Å². The zero-order chi connectivity index (χ0) is 25.5. The van der Waals surface area contributed by atoms with Crippen molar-refractivity contribution in [3.8, 4) is 5.75 Å². The predicted molar refractivity (Wildman–Crippen MR) is 151 cm³/mol. The Morgan fingerprint density at radius 3 is 2.39 bits per heavy atom. The van der Waals surface area contributed by atoms with Crippen LogP contribution in [0.3, 0.4) is 0 Å². The summed E-state index contributed by atoms with van der Waals surface area (Å²) in [5, 5.41) is 8.97. The molecule has 1 N–H and O–H groups in total. The smallest absolute Gasteiger partial charge is 0.260 e. The van der Waals surface area contributed by atoms with Crippen LogP contribution in [0.1, 0.15) is 56.2 Å². The molecule has 0 aliphatic heterocycles. The van der Waals surface area contributed by atoms with Crippen LogP contribution in [0.4, 0.5) is 5.82 Å². The number of hydrogen-bond acceptors (Lipinski definition) is 4. The van der Waals surface area contributed by atoms with Gasteiger partial charge in [0, 0.05) is 27.9 Å². The SMILES string of the molecule is Cc1cc(N(C(=O)c2ccccc2)C(C)NCC(C)C)nn1Cc1cc(Cl)ccc1OCC(C)C.Cl. The number of anilines is 1. The van der Waals surface area contributed by atoms with Gasteiger partial charge in [-0.3, -0.25) is 19.7 Å². The summed E-state index contributed by atoms with van der Waals surface area (Å²) in [5.41, 5.74) is 2.51. The number of nitrogens with zero attached hydrogens (tertiary/aromatic N) is 3. The molecule has 36 heavy (non-hydrogen) atoms. The molecule has 3 rings (SSSR count). The average molecular weight is 534 g/mol. The molecule has 0 radical (unpaired) electrons. The van der Waals surface area contributed by atoms with Crippen molar-refractivity contribution in [1.29, 1.82) is 0 Å². The van der Waals surface area contributed by atoms with Crippen LogP contribution >= 0.6 is 24.0 Å². The lowest BCUT2D eigenvalue weighted by molar-refractivity contribution is 0.0972. The summed E-state index contributed by atoms with van der Waals surface area (Å²) >= 11 is 6.31. The lowest BCUT2D eigenvalue weighted by atomic mass is 10.2. The first-order chi connectivity index (χ1) is 16.7. The summed E-state index contributed by atoms with van der Waals surface area (Å²) in [6.45, 7) is 14.4. The van der Waals surface area contributed by atoms with Gasteiger partial charge in [0.2, 0.25) is 0 Å². The van der Waals surface area contributed by atoms with Crippen LogP contribution in [0.15, 0.2) is 54.6 Å². The van der Waals surface area contributed by atoms with E-state index in [2.05, 4.69) is 33.0 Å². The van der Waals surface area contributed by atoms with E-state index in [1.54, 1.807) is 4.90 Å². The molecule has 0 spiro atoms. The number of ether oxygens (including phenoxy) is 1. The van der Waals surface area contributed by atoms with Gasteiger partial charge in [0.15, 0.2) is 5.82 Å². The monoisotopic (exact) mass is 532 g/mol. The van der Waals surface area contributed by atoms with Gasteiger partial charge in [-0.2, -0.15) is 5.10 Å². The van der Waals surface area contributed by atoms with Gasteiger partial charge in [0.1, 0.15) is 5.75 Å². The highest BCUT2D eigenvalue weighted by atomic mass is 35.5. The van der Waals surface area contributed by atoms with Crippen LogP contribution in [-0.2, 0) is 6.54 Å². The summed E-state index contributed by atoms with van der Waals surface area (Å²) in [7, 11) is 0. The molecule has 1 amide bonds. The maximum Gasteiger partial charge on any atom is 0.260 e. The number of benzene rings is 2. The zero-order valence-corrected chi connectivity index (χ0v) is 23.6. The Balaban J connectivity index is 0.00000456. The van der Waals surface area contributed by atoms with Gasteiger partial charge in [-0.15, -0.1) is 12.4 Å². The fourth-order valence-electron chi connectivity index (χ4n) is 3.70. The van der Waals surface area contributed by atoms with E-state index in [4.69, 9.17) is 21.4 Å². The minimum Gasteiger partial charge on any atom is -0.493 e. The van der Waals surface area contributed by atoms with Gasteiger partial charge >= 0.3 is 0 Å². The molecule has 0 aliphatic rings. The molecule has 1 unspecified atom stereocenters. The number of carbonyl (C=O) groups excluding carboxylic acids is 1. The van der Waals surface area contributed by atoms with Crippen molar-refractivity contribution in [3.63, 3.8) is 0 Å². The molecule has 1 heterocycles. The van der Waals surface area contributed by atoms with E-state index >= 15 is 0 Å². The van der Waals surface area contributed by atoms with Crippen LogP contribution in [0.5, 0.6) is 5.75 Å². The number of carbonyl (C=O) groups is 1. The van der Waals surface area contributed by atoms with Crippen molar-refractivity contribution in [2.45, 2.75) is 54.3 Å². The number of rotatable bonds is 11. The molecule has 6 nitrogen and oxygen atoms in total. The number of aromatic nitrogens is 2. The second kappa shape index (κ2) is 13.7. The Morgan fingerprint density at radius 2 is 1.75 bits per heavy atom. The molecule has 0 saturated heterocycles. The maximum atomic E-state index is 13.6. The van der Waals surface area contributed by atoms with E-state index in [1.165, 1.54) is 0 Å². The van der Waals surface area contributed by atoms with Crippen molar-refractivity contribution in [2.75, 3.05) is 18.1 Å². The second-order valence-electron chi connectivity index (χ2n) is 9.78. The van der Waals surface area contributed by atoms with Crippen molar-refractivity contribution in [3.05, 3.63) is 76.4 Å². The fourth-order valence-corrected chi connectivity index (χ4v) is 3.89. The minimum absolute atomic E-state index is 0. The quantitative estimate of drug-likeness (QED) is 0.283. The van der Waals surface area contributed by atoms with Crippen LogP contribution in [0.2, 0.25) is 5.02 Å². The van der Waals surface area contributed by atoms with Gasteiger partial charge < -0.3 is 4.74 Å². The first kappa shape index (κ1) is 29.7. The van der Waals surface area contributed by atoms with E-state index < -0.39 is 0 Å². The lowest BCUT2D eigenvalue weighted by Crippen LogP contribution is -2.48. The molecule has 0 bridgehead atoms.